The molecule has 2 rings (SSSR count). The number of rotatable bonds is 3. The Morgan fingerprint density at radius 3 is 2.53 bits per heavy atom. The number of carbonyl (C=O) groups excluding carboxylic acids is 1. The van der Waals surface area contributed by atoms with Crippen LogP contribution in [0.5, 0.6) is 5.75 Å². The van der Waals surface area contributed by atoms with Crippen LogP contribution < -0.4 is 0 Å². The van der Waals surface area contributed by atoms with E-state index in [1.54, 1.807) is 48.5 Å². The molecule has 0 fully saturated rings. The molecule has 0 saturated carbocycles. The van der Waals surface area contributed by atoms with Gasteiger partial charge in [-0.25, -0.2) is 0 Å². The number of benzene rings is 2. The van der Waals surface area contributed by atoms with Crippen LogP contribution in [0.4, 0.5) is 0 Å². The molecule has 83 valence electrons. The third-order valence-corrected chi connectivity index (χ3v) is 2.29. The minimum atomic E-state index is -0.0846. The van der Waals surface area contributed by atoms with Gasteiger partial charge in [-0.1, -0.05) is 42.5 Å². The number of hydrogen-bond donors (Lipinski definition) is 1. The van der Waals surface area contributed by atoms with Gasteiger partial charge >= 0.3 is 0 Å². The summed E-state index contributed by atoms with van der Waals surface area (Å²) in [6.45, 7) is 0. The fourth-order valence-electron chi connectivity index (χ4n) is 1.39. The molecule has 0 aliphatic rings. The highest BCUT2D eigenvalue weighted by molar-refractivity contribution is 6.06. The second-order valence-electron chi connectivity index (χ2n) is 3.57. The third-order valence-electron chi connectivity index (χ3n) is 2.29. The van der Waals surface area contributed by atoms with Crippen molar-refractivity contribution in [3.8, 4) is 5.75 Å². The summed E-state index contributed by atoms with van der Waals surface area (Å²) < 4.78 is 0. The van der Waals surface area contributed by atoms with Crippen LogP contribution in [0.1, 0.15) is 15.9 Å². The average molecular weight is 223 g/mol. The summed E-state index contributed by atoms with van der Waals surface area (Å²) in [5.41, 5.74) is 1.41. The lowest BCUT2D eigenvalue weighted by Gasteiger charge is -1.95. The molecule has 0 aromatic heterocycles. The Bertz CT molecular complexity index is 525. The summed E-state index contributed by atoms with van der Waals surface area (Å²) in [7, 11) is 0. The zero-order chi connectivity index (χ0) is 12.1. The van der Waals surface area contributed by atoms with Gasteiger partial charge in [-0.3, -0.25) is 4.79 Å². The van der Waals surface area contributed by atoms with Gasteiger partial charge < -0.3 is 5.11 Å². The smallest absolute Gasteiger partial charge is 0.186 e. The molecule has 17 heavy (non-hydrogen) atoms. The van der Waals surface area contributed by atoms with Crippen molar-refractivity contribution in [2.24, 2.45) is 0 Å². The first-order valence-electron chi connectivity index (χ1n) is 5.24. The fourth-order valence-corrected chi connectivity index (χ4v) is 1.39. The standard InChI is InChI=1S/C15H11O2/c16-14-9-6-12(7-10-14)8-11-15(17)13-4-2-1-3-5-13/h1-4,6-11,16H/b11-8+. The van der Waals surface area contributed by atoms with Crippen LogP contribution >= 0.6 is 0 Å². The molecule has 2 aromatic rings. The number of ketones is 1. The maximum absolute atomic E-state index is 11.7. The Morgan fingerprint density at radius 2 is 1.88 bits per heavy atom. The van der Waals surface area contributed by atoms with E-state index < -0.39 is 0 Å². The van der Waals surface area contributed by atoms with E-state index in [1.165, 1.54) is 6.08 Å². The molecule has 0 amide bonds. The Labute approximate surface area is 99.8 Å². The first-order valence-corrected chi connectivity index (χ1v) is 5.24. The van der Waals surface area contributed by atoms with Crippen molar-refractivity contribution in [1.29, 1.82) is 0 Å². The Hall–Kier alpha value is -2.35. The molecule has 0 aliphatic carbocycles. The molecule has 1 N–H and O–H groups in total. The summed E-state index contributed by atoms with van der Waals surface area (Å²) in [5.74, 6) is 0.128. The molecular weight excluding hydrogens is 212 g/mol. The van der Waals surface area contributed by atoms with Crippen LogP contribution in [-0.4, -0.2) is 10.9 Å². The van der Waals surface area contributed by atoms with Crippen molar-refractivity contribution in [2.75, 3.05) is 0 Å². The molecule has 0 heterocycles. The van der Waals surface area contributed by atoms with Gasteiger partial charge in [-0.05, 0) is 29.8 Å². The number of aromatic hydroxyl groups is 1. The van der Waals surface area contributed by atoms with Gasteiger partial charge in [0, 0.05) is 5.56 Å². The van der Waals surface area contributed by atoms with Crippen LogP contribution in [0.25, 0.3) is 6.08 Å². The van der Waals surface area contributed by atoms with Crippen molar-refractivity contribution in [3.05, 3.63) is 71.8 Å². The highest BCUT2D eigenvalue weighted by atomic mass is 16.3. The van der Waals surface area contributed by atoms with E-state index in [4.69, 9.17) is 5.11 Å². The third kappa shape index (κ3) is 3.05. The predicted octanol–water partition coefficient (Wildman–Crippen LogP) is 3.09. The molecule has 2 aromatic carbocycles. The minimum Gasteiger partial charge on any atom is -0.508 e. The highest BCUT2D eigenvalue weighted by Gasteiger charge is 1.99. The lowest BCUT2D eigenvalue weighted by molar-refractivity contribution is 0.104. The fraction of sp³-hybridized carbons (Fsp3) is 0. The first-order chi connectivity index (χ1) is 8.25. The Balaban J connectivity index is 2.11. The van der Waals surface area contributed by atoms with E-state index in [0.29, 0.717) is 5.56 Å². The van der Waals surface area contributed by atoms with Gasteiger partial charge in [-0.2, -0.15) is 0 Å². The number of carbonyl (C=O) groups is 1. The summed E-state index contributed by atoms with van der Waals surface area (Å²) in [5, 5.41) is 9.12. The van der Waals surface area contributed by atoms with Crippen molar-refractivity contribution in [1.82, 2.24) is 0 Å². The molecule has 0 spiro atoms. The Kier molecular flexibility index (Phi) is 3.36. The number of hydrogen-bond acceptors (Lipinski definition) is 2. The van der Waals surface area contributed by atoms with E-state index >= 15 is 0 Å². The highest BCUT2D eigenvalue weighted by Crippen LogP contribution is 2.11. The van der Waals surface area contributed by atoms with Crippen LogP contribution in [0.3, 0.4) is 0 Å². The number of allylic oxidation sites excluding steroid dienone is 1. The molecule has 0 aliphatic heterocycles. The predicted molar refractivity (Wildman–Crippen MR) is 66.7 cm³/mol. The van der Waals surface area contributed by atoms with Gasteiger partial charge in [0.15, 0.2) is 5.78 Å². The molecule has 2 heteroatoms. The molecule has 1 radical (unpaired) electrons. The van der Waals surface area contributed by atoms with Crippen molar-refractivity contribution in [3.63, 3.8) is 0 Å². The Morgan fingerprint density at radius 1 is 1.12 bits per heavy atom. The summed E-state index contributed by atoms with van der Waals surface area (Å²) in [4.78, 5) is 11.7. The second-order valence-corrected chi connectivity index (χ2v) is 3.57. The van der Waals surface area contributed by atoms with Gasteiger partial charge in [0.25, 0.3) is 0 Å². The molecule has 0 saturated heterocycles. The van der Waals surface area contributed by atoms with Gasteiger partial charge in [0.1, 0.15) is 5.75 Å². The maximum atomic E-state index is 11.7. The topological polar surface area (TPSA) is 37.3 Å². The lowest BCUT2D eigenvalue weighted by atomic mass is 10.1. The van der Waals surface area contributed by atoms with Gasteiger partial charge in [0.2, 0.25) is 0 Å². The number of phenols is 1. The molecule has 0 unspecified atom stereocenters. The molecule has 2 nitrogen and oxygen atoms in total. The van der Waals surface area contributed by atoms with Crippen LogP contribution in [0.15, 0.2) is 54.6 Å². The van der Waals surface area contributed by atoms with Crippen LogP contribution in [0, 0.1) is 6.07 Å². The van der Waals surface area contributed by atoms with E-state index in [2.05, 4.69) is 6.07 Å². The zero-order valence-corrected chi connectivity index (χ0v) is 9.13. The molecular formula is C15H11O2. The maximum Gasteiger partial charge on any atom is 0.186 e. The van der Waals surface area contributed by atoms with Crippen LogP contribution in [-0.2, 0) is 0 Å². The zero-order valence-electron chi connectivity index (χ0n) is 9.13. The molecule has 0 bridgehead atoms. The summed E-state index contributed by atoms with van der Waals surface area (Å²) in [6.07, 6.45) is 3.21. The monoisotopic (exact) mass is 223 g/mol. The van der Waals surface area contributed by atoms with E-state index in [9.17, 15) is 4.79 Å². The minimum absolute atomic E-state index is 0.0846. The van der Waals surface area contributed by atoms with Gasteiger partial charge in [0.05, 0.1) is 0 Å². The largest absolute Gasteiger partial charge is 0.508 e. The average Bonchev–Trinajstić information content (AvgIpc) is 2.39. The first kappa shape index (κ1) is 11.1. The quantitative estimate of drug-likeness (QED) is 0.641. The molecule has 0 atom stereocenters. The summed E-state index contributed by atoms with van der Waals surface area (Å²) in [6, 6.07) is 16.6. The van der Waals surface area contributed by atoms with Gasteiger partial charge in [-0.15, -0.1) is 0 Å². The summed E-state index contributed by atoms with van der Waals surface area (Å²) >= 11 is 0. The van der Waals surface area contributed by atoms with Crippen LogP contribution in [0.2, 0.25) is 0 Å². The van der Waals surface area contributed by atoms with Crippen molar-refractivity contribution < 1.29 is 9.90 Å². The van der Waals surface area contributed by atoms with E-state index in [0.717, 1.165) is 5.56 Å². The van der Waals surface area contributed by atoms with Crippen molar-refractivity contribution in [2.45, 2.75) is 0 Å². The van der Waals surface area contributed by atoms with Crippen molar-refractivity contribution >= 4 is 11.9 Å². The van der Waals surface area contributed by atoms with E-state index in [1.807, 2.05) is 6.07 Å². The normalized spacial score (nSPS) is 10.6. The number of phenolic OH excluding ortho intramolecular Hbond substituents is 1. The SMILES string of the molecule is O=C(/C=C/c1ccc(O)cc1)c1[c]cccc1. The second kappa shape index (κ2) is 5.12. The lowest BCUT2D eigenvalue weighted by Crippen LogP contribution is -1.92. The van der Waals surface area contributed by atoms with E-state index in [-0.39, 0.29) is 11.5 Å².